The molecule has 0 saturated carbocycles. The minimum Gasteiger partial charge on any atom is -0.462 e. The fourth-order valence-corrected chi connectivity index (χ4v) is 4.64. The van der Waals surface area contributed by atoms with Gasteiger partial charge in [0.2, 0.25) is 5.43 Å². The summed E-state index contributed by atoms with van der Waals surface area (Å²) in [6.45, 7) is 3.49. The smallest absolute Gasteiger partial charge is 0.344 e. The molecular weight excluding hydrogens is 542 g/mol. The van der Waals surface area contributed by atoms with E-state index in [1.165, 1.54) is 12.1 Å². The van der Waals surface area contributed by atoms with Crippen molar-refractivity contribution in [1.29, 1.82) is 5.26 Å². The highest BCUT2D eigenvalue weighted by molar-refractivity contribution is 6.43. The number of fused-ring (bicyclic) bond motifs is 1. The zero-order valence-corrected chi connectivity index (χ0v) is 22.6. The molecule has 6 nitrogen and oxygen atoms in total. The molecule has 0 aliphatic heterocycles. The summed E-state index contributed by atoms with van der Waals surface area (Å²) in [6.07, 6.45) is 1.70. The number of benzene rings is 3. The van der Waals surface area contributed by atoms with E-state index in [2.05, 4.69) is 4.98 Å². The second-order valence-electron chi connectivity index (χ2n) is 8.54. The van der Waals surface area contributed by atoms with Crippen LogP contribution in [0.2, 0.25) is 10.0 Å². The van der Waals surface area contributed by atoms with Gasteiger partial charge < -0.3 is 14.5 Å². The summed E-state index contributed by atoms with van der Waals surface area (Å²) in [5, 5.41) is 9.32. The summed E-state index contributed by atoms with van der Waals surface area (Å²) in [6, 6.07) is 17.4. The van der Waals surface area contributed by atoms with Crippen LogP contribution in [0.25, 0.3) is 28.1 Å². The Hall–Kier alpha value is -3.96. The summed E-state index contributed by atoms with van der Waals surface area (Å²) in [5.74, 6) is -1.67. The first-order valence-electron chi connectivity index (χ1n) is 12.0. The van der Waals surface area contributed by atoms with Crippen LogP contribution in [0.1, 0.15) is 47.1 Å². The molecule has 4 rings (SSSR count). The molecule has 1 atom stereocenters. The summed E-state index contributed by atoms with van der Waals surface area (Å²) < 4.78 is 27.5. The Labute approximate surface area is 234 Å². The van der Waals surface area contributed by atoms with Crippen molar-refractivity contribution < 1.29 is 18.7 Å². The van der Waals surface area contributed by atoms with Gasteiger partial charge in [-0.2, -0.15) is 5.26 Å². The number of halogens is 3. The largest absolute Gasteiger partial charge is 0.462 e. The summed E-state index contributed by atoms with van der Waals surface area (Å²) in [5.41, 5.74) is 0.281. The van der Waals surface area contributed by atoms with E-state index in [-0.39, 0.29) is 62.1 Å². The number of aromatic amines is 1. The van der Waals surface area contributed by atoms with E-state index < -0.39 is 23.3 Å². The molecule has 1 heterocycles. The average Bonchev–Trinajstić information content (AvgIpc) is 2.93. The van der Waals surface area contributed by atoms with Crippen molar-refractivity contribution in [3.8, 4) is 17.2 Å². The molecule has 3 aromatic carbocycles. The standard InChI is InChI=1S/C30H23Cl2FN2O4/c1-3-38-30(37)24-27(17(2)39-16-18-9-5-4-6-10-18)35-28-21(29(24)36)15-19(11-8-14-34)23(26(28)33)20-12-7-13-22(31)25(20)32/h4-13,15,17H,3,16H2,1-2H3,(H,35,36)/b11-8+/t17-/m1/s1. The molecule has 9 heteroatoms. The maximum absolute atomic E-state index is 16.4. The molecule has 0 amide bonds. The van der Waals surface area contributed by atoms with Crippen molar-refractivity contribution in [2.24, 2.45) is 0 Å². The van der Waals surface area contributed by atoms with Gasteiger partial charge >= 0.3 is 5.97 Å². The molecule has 1 aromatic heterocycles. The second kappa shape index (κ2) is 12.3. The summed E-state index contributed by atoms with van der Waals surface area (Å²) >= 11 is 12.6. The van der Waals surface area contributed by atoms with Crippen LogP contribution in [0, 0.1) is 17.1 Å². The number of esters is 1. The van der Waals surface area contributed by atoms with Crippen LogP contribution in [-0.4, -0.2) is 17.6 Å². The van der Waals surface area contributed by atoms with Crippen LogP contribution in [0.5, 0.6) is 0 Å². The molecule has 4 aromatic rings. The molecule has 0 unspecified atom stereocenters. The van der Waals surface area contributed by atoms with E-state index in [0.29, 0.717) is 0 Å². The van der Waals surface area contributed by atoms with E-state index >= 15 is 4.39 Å². The second-order valence-corrected chi connectivity index (χ2v) is 9.33. The van der Waals surface area contributed by atoms with E-state index in [9.17, 15) is 9.59 Å². The summed E-state index contributed by atoms with van der Waals surface area (Å²) in [7, 11) is 0. The lowest BCUT2D eigenvalue weighted by atomic mass is 9.94. The molecule has 0 bridgehead atoms. The number of carbonyl (C=O) groups is 1. The highest BCUT2D eigenvalue weighted by Gasteiger charge is 2.27. The number of nitriles is 1. The molecule has 0 fully saturated rings. The molecule has 0 saturated heterocycles. The van der Waals surface area contributed by atoms with Crippen molar-refractivity contribution in [3.63, 3.8) is 0 Å². The number of carbonyl (C=O) groups excluding carboxylic acids is 1. The monoisotopic (exact) mass is 564 g/mol. The van der Waals surface area contributed by atoms with Gasteiger partial charge in [0.1, 0.15) is 5.56 Å². The third-order valence-electron chi connectivity index (χ3n) is 6.08. The third kappa shape index (κ3) is 5.74. The Bertz CT molecular complexity index is 1680. The molecule has 0 aliphatic carbocycles. The fraction of sp³-hybridized carbons (Fsp3) is 0.167. The zero-order chi connectivity index (χ0) is 28.1. The number of nitrogens with one attached hydrogen (secondary N) is 1. The lowest BCUT2D eigenvalue weighted by Gasteiger charge is -2.19. The predicted molar refractivity (Wildman–Crippen MR) is 150 cm³/mol. The Morgan fingerprint density at radius 2 is 1.92 bits per heavy atom. The Balaban J connectivity index is 1.99. The molecule has 0 spiro atoms. The normalized spacial score (nSPS) is 12.0. The first-order valence-corrected chi connectivity index (χ1v) is 12.8. The van der Waals surface area contributed by atoms with Gasteiger partial charge in [-0.3, -0.25) is 4.79 Å². The number of rotatable bonds is 8. The maximum atomic E-state index is 16.4. The van der Waals surface area contributed by atoms with Gasteiger partial charge in [-0.05, 0) is 43.2 Å². The maximum Gasteiger partial charge on any atom is 0.344 e. The number of hydrogen-bond acceptors (Lipinski definition) is 5. The van der Waals surface area contributed by atoms with Crippen LogP contribution in [0.4, 0.5) is 4.39 Å². The predicted octanol–water partition coefficient (Wildman–Crippen LogP) is 7.63. The van der Waals surface area contributed by atoms with E-state index in [0.717, 1.165) is 11.6 Å². The van der Waals surface area contributed by atoms with Crippen molar-refractivity contribution in [2.75, 3.05) is 6.61 Å². The minimum absolute atomic E-state index is 0.0323. The van der Waals surface area contributed by atoms with Crippen LogP contribution in [0.15, 0.2) is 65.5 Å². The van der Waals surface area contributed by atoms with E-state index in [4.69, 9.17) is 37.9 Å². The Kier molecular flexibility index (Phi) is 8.82. The number of hydrogen-bond donors (Lipinski definition) is 1. The van der Waals surface area contributed by atoms with E-state index in [1.807, 2.05) is 36.4 Å². The van der Waals surface area contributed by atoms with Gasteiger partial charge in [-0.15, -0.1) is 0 Å². The number of H-pyrrole nitrogens is 1. The highest BCUT2D eigenvalue weighted by atomic mass is 35.5. The highest BCUT2D eigenvalue weighted by Crippen LogP contribution is 2.39. The number of allylic oxidation sites excluding steroid dienone is 1. The van der Waals surface area contributed by atoms with Gasteiger partial charge in [0.25, 0.3) is 0 Å². The van der Waals surface area contributed by atoms with Crippen molar-refractivity contribution >= 4 is 46.2 Å². The first kappa shape index (κ1) is 28.1. The van der Waals surface area contributed by atoms with Gasteiger partial charge in [-0.1, -0.05) is 65.7 Å². The van der Waals surface area contributed by atoms with Crippen molar-refractivity contribution in [2.45, 2.75) is 26.6 Å². The number of pyridine rings is 1. The van der Waals surface area contributed by atoms with Crippen LogP contribution in [-0.2, 0) is 16.1 Å². The lowest BCUT2D eigenvalue weighted by Crippen LogP contribution is -2.24. The van der Waals surface area contributed by atoms with Gasteiger partial charge in [0.05, 0.1) is 52.0 Å². The van der Waals surface area contributed by atoms with Gasteiger partial charge in [0.15, 0.2) is 5.82 Å². The first-order chi connectivity index (χ1) is 18.8. The van der Waals surface area contributed by atoms with Gasteiger partial charge in [0, 0.05) is 17.2 Å². The van der Waals surface area contributed by atoms with Crippen LogP contribution in [0.3, 0.4) is 0 Å². The molecule has 0 aliphatic rings. The zero-order valence-electron chi connectivity index (χ0n) is 21.1. The van der Waals surface area contributed by atoms with Crippen LogP contribution < -0.4 is 5.43 Å². The van der Waals surface area contributed by atoms with Crippen molar-refractivity contribution in [3.05, 3.63) is 109 Å². The van der Waals surface area contributed by atoms with Crippen LogP contribution >= 0.6 is 23.2 Å². The Morgan fingerprint density at radius 1 is 1.18 bits per heavy atom. The molecule has 0 radical (unpaired) electrons. The number of ether oxygens (including phenoxy) is 2. The number of aromatic nitrogens is 1. The third-order valence-corrected chi connectivity index (χ3v) is 6.90. The quantitative estimate of drug-likeness (QED) is 0.175. The molecule has 39 heavy (non-hydrogen) atoms. The van der Waals surface area contributed by atoms with Gasteiger partial charge in [-0.25, -0.2) is 9.18 Å². The summed E-state index contributed by atoms with van der Waals surface area (Å²) in [4.78, 5) is 29.6. The molecule has 1 N–H and O–H groups in total. The minimum atomic E-state index is -0.859. The SMILES string of the molecule is CCOC(=O)c1c([C@@H](C)OCc2ccccc2)[nH]c2c(F)c(-c3cccc(Cl)c3Cl)c(/C=C/C#N)cc2c1=O. The Morgan fingerprint density at radius 3 is 2.62 bits per heavy atom. The topological polar surface area (TPSA) is 92.2 Å². The average molecular weight is 565 g/mol. The fourth-order valence-electron chi connectivity index (χ4n) is 4.24. The number of nitrogens with zero attached hydrogens (tertiary/aromatic N) is 1. The van der Waals surface area contributed by atoms with E-state index in [1.54, 1.807) is 32.0 Å². The molecule has 198 valence electrons. The molecular formula is C30H23Cl2FN2O4. The lowest BCUT2D eigenvalue weighted by molar-refractivity contribution is 0.0427. The van der Waals surface area contributed by atoms with Crippen molar-refractivity contribution in [1.82, 2.24) is 4.98 Å².